The van der Waals surface area contributed by atoms with Crippen LogP contribution in [-0.4, -0.2) is 5.91 Å². The summed E-state index contributed by atoms with van der Waals surface area (Å²) in [5.74, 6) is 0.0267. The van der Waals surface area contributed by atoms with Gasteiger partial charge in [-0.3, -0.25) is 4.79 Å². The second kappa shape index (κ2) is 5.78. The molecule has 1 heterocycles. The van der Waals surface area contributed by atoms with Crippen LogP contribution in [0.1, 0.15) is 33.5 Å². The van der Waals surface area contributed by atoms with E-state index in [1.165, 1.54) is 35.1 Å². The molecule has 0 bridgehead atoms. The van der Waals surface area contributed by atoms with Gasteiger partial charge in [0.2, 0.25) is 0 Å². The maximum absolute atomic E-state index is 13.1. The highest BCUT2D eigenvalue weighted by molar-refractivity contribution is 7.14. The molecular formula is C16H15ClFNOS. The molecule has 1 N–H and O–H groups in total. The normalized spacial score (nSPS) is 17.4. The molecule has 0 spiro atoms. The second-order valence-corrected chi connectivity index (χ2v) is 7.03. The van der Waals surface area contributed by atoms with E-state index in [0.717, 1.165) is 12.8 Å². The van der Waals surface area contributed by atoms with Crippen molar-refractivity contribution in [2.75, 3.05) is 5.32 Å². The fourth-order valence-electron chi connectivity index (χ4n) is 2.58. The number of amides is 1. The fraction of sp³-hybridized carbons (Fsp3) is 0.312. The van der Waals surface area contributed by atoms with E-state index in [0.29, 0.717) is 16.5 Å². The lowest BCUT2D eigenvalue weighted by atomic mass is 9.90. The third-order valence-corrected chi connectivity index (χ3v) is 5.26. The van der Waals surface area contributed by atoms with Gasteiger partial charge in [0.05, 0.1) is 9.90 Å². The number of hydrogen-bond acceptors (Lipinski definition) is 2. The van der Waals surface area contributed by atoms with Gasteiger partial charge in [0, 0.05) is 10.6 Å². The molecule has 1 aliphatic rings. The number of carbonyl (C=O) groups excluding carboxylic acids is 1. The summed E-state index contributed by atoms with van der Waals surface area (Å²) >= 11 is 7.27. The minimum absolute atomic E-state index is 0.00657. The lowest BCUT2D eigenvalue weighted by Gasteiger charge is -2.16. The number of hydrogen-bond donors (Lipinski definition) is 1. The van der Waals surface area contributed by atoms with Crippen molar-refractivity contribution >= 4 is 34.5 Å². The molecule has 1 amide bonds. The number of benzene rings is 1. The molecule has 1 aromatic heterocycles. The third-order valence-electron chi connectivity index (χ3n) is 3.73. The van der Waals surface area contributed by atoms with Crippen LogP contribution in [0, 0.1) is 11.7 Å². The van der Waals surface area contributed by atoms with Gasteiger partial charge in [-0.15, -0.1) is 11.3 Å². The van der Waals surface area contributed by atoms with Gasteiger partial charge < -0.3 is 5.32 Å². The van der Waals surface area contributed by atoms with Gasteiger partial charge in [-0.25, -0.2) is 4.39 Å². The van der Waals surface area contributed by atoms with Gasteiger partial charge in [0.1, 0.15) is 5.82 Å². The SMILES string of the molecule is C[C@@H]1CCc2sc(C(=O)Nc3ccc(F)c(Cl)c3)cc2C1. The molecule has 3 rings (SSSR count). The summed E-state index contributed by atoms with van der Waals surface area (Å²) in [6.45, 7) is 2.24. The minimum Gasteiger partial charge on any atom is -0.321 e. The van der Waals surface area contributed by atoms with Crippen molar-refractivity contribution in [1.29, 1.82) is 0 Å². The average Bonchev–Trinajstić information content (AvgIpc) is 2.86. The van der Waals surface area contributed by atoms with E-state index < -0.39 is 5.82 Å². The molecule has 110 valence electrons. The number of anilines is 1. The number of thiophene rings is 1. The van der Waals surface area contributed by atoms with Crippen molar-refractivity contribution in [3.05, 3.63) is 50.4 Å². The zero-order valence-electron chi connectivity index (χ0n) is 11.6. The lowest BCUT2D eigenvalue weighted by Crippen LogP contribution is -2.10. The van der Waals surface area contributed by atoms with Crippen molar-refractivity contribution in [1.82, 2.24) is 0 Å². The van der Waals surface area contributed by atoms with Crippen LogP contribution in [0.2, 0.25) is 5.02 Å². The monoisotopic (exact) mass is 323 g/mol. The van der Waals surface area contributed by atoms with Gasteiger partial charge in [-0.2, -0.15) is 0 Å². The highest BCUT2D eigenvalue weighted by Gasteiger charge is 2.20. The Kier molecular flexibility index (Phi) is 4.00. The van der Waals surface area contributed by atoms with Crippen molar-refractivity contribution in [2.45, 2.75) is 26.2 Å². The molecule has 21 heavy (non-hydrogen) atoms. The van der Waals surface area contributed by atoms with Crippen LogP contribution in [0.4, 0.5) is 10.1 Å². The van der Waals surface area contributed by atoms with Gasteiger partial charge in [0.25, 0.3) is 5.91 Å². The molecule has 0 saturated carbocycles. The Labute approximate surface area is 131 Å². The van der Waals surface area contributed by atoms with Crippen LogP contribution >= 0.6 is 22.9 Å². The van der Waals surface area contributed by atoms with E-state index in [1.807, 2.05) is 6.07 Å². The zero-order valence-corrected chi connectivity index (χ0v) is 13.2. The van der Waals surface area contributed by atoms with Gasteiger partial charge in [-0.1, -0.05) is 18.5 Å². The van der Waals surface area contributed by atoms with Crippen molar-refractivity contribution in [3.63, 3.8) is 0 Å². The Balaban J connectivity index is 1.78. The van der Waals surface area contributed by atoms with Crippen molar-refractivity contribution < 1.29 is 9.18 Å². The number of fused-ring (bicyclic) bond motifs is 1. The Hall–Kier alpha value is -1.39. The summed E-state index contributed by atoms with van der Waals surface area (Å²) in [5, 5.41) is 2.77. The summed E-state index contributed by atoms with van der Waals surface area (Å²) in [6.07, 6.45) is 3.28. The molecule has 0 aliphatic heterocycles. The van der Waals surface area contributed by atoms with Crippen molar-refractivity contribution in [2.24, 2.45) is 5.92 Å². The Morgan fingerprint density at radius 2 is 2.24 bits per heavy atom. The van der Waals surface area contributed by atoms with Crippen LogP contribution in [0.5, 0.6) is 0 Å². The highest BCUT2D eigenvalue weighted by Crippen LogP contribution is 2.32. The summed E-state index contributed by atoms with van der Waals surface area (Å²) in [6, 6.07) is 6.16. The lowest BCUT2D eigenvalue weighted by molar-refractivity contribution is 0.103. The van der Waals surface area contributed by atoms with Gasteiger partial charge in [-0.05, 0) is 55.0 Å². The summed E-state index contributed by atoms with van der Waals surface area (Å²) in [4.78, 5) is 14.3. The predicted octanol–water partition coefficient (Wildman–Crippen LogP) is 4.92. The smallest absolute Gasteiger partial charge is 0.265 e. The fourth-order valence-corrected chi connectivity index (χ4v) is 3.87. The van der Waals surface area contributed by atoms with E-state index >= 15 is 0 Å². The van der Waals surface area contributed by atoms with Crippen LogP contribution in [0.25, 0.3) is 0 Å². The van der Waals surface area contributed by atoms with Crippen molar-refractivity contribution in [3.8, 4) is 0 Å². The topological polar surface area (TPSA) is 29.1 Å². The standard InChI is InChI=1S/C16H15ClFNOS/c1-9-2-5-14-10(6-9)7-15(21-14)16(20)19-11-3-4-13(18)12(17)8-11/h3-4,7-9H,2,5-6H2,1H3,(H,19,20)/t9-/m1/s1. The molecule has 0 unspecified atom stereocenters. The maximum atomic E-state index is 13.1. The molecule has 0 radical (unpaired) electrons. The van der Waals surface area contributed by atoms with Crippen LogP contribution in [0.3, 0.4) is 0 Å². The first-order valence-electron chi connectivity index (χ1n) is 6.91. The summed E-state index contributed by atoms with van der Waals surface area (Å²) in [5.41, 5.74) is 1.80. The van der Waals surface area contributed by atoms with E-state index in [1.54, 1.807) is 11.3 Å². The largest absolute Gasteiger partial charge is 0.321 e. The van der Waals surface area contributed by atoms with Crippen LogP contribution < -0.4 is 5.32 Å². The van der Waals surface area contributed by atoms with E-state index in [-0.39, 0.29) is 10.9 Å². The Morgan fingerprint density at radius 1 is 1.43 bits per heavy atom. The first-order valence-corrected chi connectivity index (χ1v) is 8.10. The molecule has 5 heteroatoms. The second-order valence-electron chi connectivity index (χ2n) is 5.49. The molecule has 1 aromatic carbocycles. The number of rotatable bonds is 2. The molecule has 2 aromatic rings. The highest BCUT2D eigenvalue weighted by atomic mass is 35.5. The molecule has 1 aliphatic carbocycles. The van der Waals surface area contributed by atoms with Gasteiger partial charge in [0.15, 0.2) is 0 Å². The zero-order chi connectivity index (χ0) is 15.0. The number of carbonyl (C=O) groups is 1. The molecule has 2 nitrogen and oxygen atoms in total. The van der Waals surface area contributed by atoms with Gasteiger partial charge >= 0.3 is 0 Å². The van der Waals surface area contributed by atoms with Crippen LogP contribution in [-0.2, 0) is 12.8 Å². The quantitative estimate of drug-likeness (QED) is 0.835. The predicted molar refractivity (Wildman–Crippen MR) is 84.9 cm³/mol. The maximum Gasteiger partial charge on any atom is 0.265 e. The first kappa shape index (κ1) is 14.5. The summed E-state index contributed by atoms with van der Waals surface area (Å²) in [7, 11) is 0. The number of aryl methyl sites for hydroxylation is 1. The molecule has 0 fully saturated rings. The number of halogens is 2. The molecular weight excluding hydrogens is 309 g/mol. The summed E-state index contributed by atoms with van der Waals surface area (Å²) < 4.78 is 13.1. The van der Waals surface area contributed by atoms with E-state index in [4.69, 9.17) is 11.6 Å². The van der Waals surface area contributed by atoms with E-state index in [2.05, 4.69) is 12.2 Å². The number of nitrogens with one attached hydrogen (secondary N) is 1. The minimum atomic E-state index is -0.491. The molecule has 0 saturated heterocycles. The first-order chi connectivity index (χ1) is 10.0. The van der Waals surface area contributed by atoms with Crippen LogP contribution in [0.15, 0.2) is 24.3 Å². The molecule has 1 atom stereocenters. The van der Waals surface area contributed by atoms with E-state index in [9.17, 15) is 9.18 Å². The Bertz CT molecular complexity index is 698. The third kappa shape index (κ3) is 3.11. The Morgan fingerprint density at radius 3 is 3.00 bits per heavy atom. The average molecular weight is 324 g/mol.